The molecule has 1 aromatic heterocycles. The molecule has 0 unspecified atom stereocenters. The lowest BCUT2D eigenvalue weighted by Crippen LogP contribution is -2.27. The van der Waals surface area contributed by atoms with E-state index >= 15 is 0 Å². The average Bonchev–Trinajstić information content (AvgIpc) is 2.50. The third-order valence-corrected chi connectivity index (χ3v) is 3.19. The maximum atomic E-state index is 9.67. The van der Waals surface area contributed by atoms with Crippen LogP contribution in [-0.2, 0) is 0 Å². The Bertz CT molecular complexity index is 341. The standard InChI is InChI=1S/C10H12BrClN2O/c11-9-4-6(5-10(12)14-9)13-7-2-1-3-8(7)15/h4-5,7-8,15H,1-3H2,(H,13,14)/t7-,8-/m1/s1. The number of aromatic nitrogens is 1. The Morgan fingerprint density at radius 1 is 1.47 bits per heavy atom. The van der Waals surface area contributed by atoms with E-state index in [4.69, 9.17) is 11.6 Å². The summed E-state index contributed by atoms with van der Waals surface area (Å²) >= 11 is 9.11. The molecule has 3 nitrogen and oxygen atoms in total. The largest absolute Gasteiger partial charge is 0.391 e. The highest BCUT2D eigenvalue weighted by Crippen LogP contribution is 2.25. The zero-order valence-corrected chi connectivity index (χ0v) is 10.4. The van der Waals surface area contributed by atoms with Crippen LogP contribution in [0, 0.1) is 0 Å². The van der Waals surface area contributed by atoms with Crippen molar-refractivity contribution in [1.29, 1.82) is 0 Å². The summed E-state index contributed by atoms with van der Waals surface area (Å²) in [5.41, 5.74) is 0.896. The number of anilines is 1. The first kappa shape index (κ1) is 11.2. The Morgan fingerprint density at radius 2 is 2.27 bits per heavy atom. The summed E-state index contributed by atoms with van der Waals surface area (Å²) < 4.78 is 0.699. The van der Waals surface area contributed by atoms with Crippen LogP contribution in [-0.4, -0.2) is 22.2 Å². The molecule has 1 aliphatic rings. The van der Waals surface area contributed by atoms with Crippen LogP contribution in [0.15, 0.2) is 16.7 Å². The Morgan fingerprint density at radius 3 is 2.87 bits per heavy atom. The molecular formula is C10H12BrClN2O. The highest BCUT2D eigenvalue weighted by Gasteiger charge is 2.24. The summed E-state index contributed by atoms with van der Waals surface area (Å²) in [5.74, 6) is 0. The normalized spacial score (nSPS) is 25.5. The molecule has 2 rings (SSSR count). The number of pyridine rings is 1. The molecule has 2 N–H and O–H groups in total. The second-order valence-electron chi connectivity index (χ2n) is 3.75. The third kappa shape index (κ3) is 2.83. The lowest BCUT2D eigenvalue weighted by Gasteiger charge is -2.17. The van der Waals surface area contributed by atoms with E-state index in [2.05, 4.69) is 26.2 Å². The molecule has 82 valence electrons. The van der Waals surface area contributed by atoms with Crippen molar-refractivity contribution in [2.75, 3.05) is 5.32 Å². The van der Waals surface area contributed by atoms with Crippen molar-refractivity contribution in [3.05, 3.63) is 21.9 Å². The fourth-order valence-electron chi connectivity index (χ4n) is 1.87. The molecule has 1 fully saturated rings. The van der Waals surface area contributed by atoms with Crippen molar-refractivity contribution in [2.24, 2.45) is 0 Å². The highest BCUT2D eigenvalue weighted by atomic mass is 79.9. The fraction of sp³-hybridized carbons (Fsp3) is 0.500. The molecular weight excluding hydrogens is 279 g/mol. The molecule has 1 heterocycles. The van der Waals surface area contributed by atoms with Crippen LogP contribution in [0.4, 0.5) is 5.69 Å². The molecule has 0 aromatic carbocycles. The number of hydrogen-bond donors (Lipinski definition) is 2. The zero-order chi connectivity index (χ0) is 10.8. The van der Waals surface area contributed by atoms with Crippen LogP contribution in [0.3, 0.4) is 0 Å². The van der Waals surface area contributed by atoms with Crippen molar-refractivity contribution < 1.29 is 5.11 Å². The molecule has 1 aromatic rings. The molecule has 0 aliphatic heterocycles. The van der Waals surface area contributed by atoms with Gasteiger partial charge in [0.1, 0.15) is 9.76 Å². The minimum atomic E-state index is -0.254. The van der Waals surface area contributed by atoms with Crippen LogP contribution in [0.25, 0.3) is 0 Å². The number of nitrogens with zero attached hydrogens (tertiary/aromatic N) is 1. The van der Waals surface area contributed by atoms with Crippen LogP contribution in [0.5, 0.6) is 0 Å². The maximum Gasteiger partial charge on any atom is 0.132 e. The van der Waals surface area contributed by atoms with E-state index in [-0.39, 0.29) is 12.1 Å². The van der Waals surface area contributed by atoms with Crippen LogP contribution in [0.1, 0.15) is 19.3 Å². The fourth-order valence-corrected chi connectivity index (χ4v) is 2.62. The Kier molecular flexibility index (Phi) is 3.49. The second-order valence-corrected chi connectivity index (χ2v) is 4.95. The monoisotopic (exact) mass is 290 g/mol. The van der Waals surface area contributed by atoms with Gasteiger partial charge in [0.05, 0.1) is 12.1 Å². The maximum absolute atomic E-state index is 9.67. The van der Waals surface area contributed by atoms with Gasteiger partial charge in [-0.2, -0.15) is 0 Å². The van der Waals surface area contributed by atoms with E-state index < -0.39 is 0 Å². The summed E-state index contributed by atoms with van der Waals surface area (Å²) in [5, 5.41) is 13.4. The van der Waals surface area contributed by atoms with E-state index in [0.29, 0.717) is 9.76 Å². The molecule has 1 saturated carbocycles. The van der Waals surface area contributed by atoms with Gasteiger partial charge in [0, 0.05) is 5.69 Å². The van der Waals surface area contributed by atoms with Gasteiger partial charge in [0.2, 0.25) is 0 Å². The second kappa shape index (κ2) is 4.68. The van der Waals surface area contributed by atoms with Crippen molar-refractivity contribution in [2.45, 2.75) is 31.4 Å². The average molecular weight is 292 g/mol. The molecule has 5 heteroatoms. The van der Waals surface area contributed by atoms with Gasteiger partial charge in [-0.05, 0) is 47.3 Å². The first-order valence-corrected chi connectivity index (χ1v) is 6.10. The van der Waals surface area contributed by atoms with Crippen LogP contribution >= 0.6 is 27.5 Å². The summed E-state index contributed by atoms with van der Waals surface area (Å²) in [6.45, 7) is 0. The van der Waals surface area contributed by atoms with Crippen LogP contribution in [0.2, 0.25) is 5.15 Å². The highest BCUT2D eigenvalue weighted by molar-refractivity contribution is 9.10. The Hall–Kier alpha value is -0.320. The predicted octanol–water partition coefficient (Wildman–Crippen LogP) is 2.82. The van der Waals surface area contributed by atoms with E-state index in [1.807, 2.05) is 6.07 Å². The number of hydrogen-bond acceptors (Lipinski definition) is 3. The third-order valence-electron chi connectivity index (χ3n) is 2.59. The SMILES string of the molecule is O[C@@H]1CCC[C@H]1Nc1cc(Cl)nc(Br)c1. The molecule has 2 atom stereocenters. The van der Waals surface area contributed by atoms with Gasteiger partial charge in [0.25, 0.3) is 0 Å². The number of rotatable bonds is 2. The molecule has 0 bridgehead atoms. The van der Waals surface area contributed by atoms with Crippen molar-refractivity contribution in [1.82, 2.24) is 4.98 Å². The Labute approximate surface area is 102 Å². The summed E-state index contributed by atoms with van der Waals surface area (Å²) in [6, 6.07) is 3.75. The first-order valence-electron chi connectivity index (χ1n) is 4.93. The van der Waals surface area contributed by atoms with Gasteiger partial charge >= 0.3 is 0 Å². The van der Waals surface area contributed by atoms with Gasteiger partial charge in [-0.3, -0.25) is 0 Å². The van der Waals surface area contributed by atoms with Crippen LogP contribution < -0.4 is 5.32 Å². The number of halogens is 2. The van der Waals surface area contributed by atoms with Gasteiger partial charge in [0.15, 0.2) is 0 Å². The van der Waals surface area contributed by atoms with Crippen molar-refractivity contribution in [3.8, 4) is 0 Å². The molecule has 0 saturated heterocycles. The number of nitrogens with one attached hydrogen (secondary N) is 1. The lowest BCUT2D eigenvalue weighted by molar-refractivity contribution is 0.172. The smallest absolute Gasteiger partial charge is 0.132 e. The minimum Gasteiger partial charge on any atom is -0.391 e. The van der Waals surface area contributed by atoms with Gasteiger partial charge in [-0.15, -0.1) is 0 Å². The number of aliphatic hydroxyl groups excluding tert-OH is 1. The molecule has 1 aliphatic carbocycles. The molecule has 0 spiro atoms. The van der Waals surface area contributed by atoms with E-state index in [0.717, 1.165) is 24.9 Å². The van der Waals surface area contributed by atoms with E-state index in [9.17, 15) is 5.11 Å². The van der Waals surface area contributed by atoms with Gasteiger partial charge < -0.3 is 10.4 Å². The molecule has 15 heavy (non-hydrogen) atoms. The van der Waals surface area contributed by atoms with Gasteiger partial charge in [-0.1, -0.05) is 11.6 Å². The Balaban J connectivity index is 2.10. The summed E-state index contributed by atoms with van der Waals surface area (Å²) in [7, 11) is 0. The topological polar surface area (TPSA) is 45.1 Å². The van der Waals surface area contributed by atoms with Crippen molar-refractivity contribution >= 4 is 33.2 Å². The van der Waals surface area contributed by atoms with Crippen molar-refractivity contribution in [3.63, 3.8) is 0 Å². The predicted molar refractivity (Wildman–Crippen MR) is 64.2 cm³/mol. The minimum absolute atomic E-state index is 0.135. The van der Waals surface area contributed by atoms with E-state index in [1.165, 1.54) is 0 Å². The summed E-state index contributed by atoms with van der Waals surface area (Å²) in [6.07, 6.45) is 2.69. The quantitative estimate of drug-likeness (QED) is 0.824. The zero-order valence-electron chi connectivity index (χ0n) is 8.08. The molecule has 0 amide bonds. The summed E-state index contributed by atoms with van der Waals surface area (Å²) in [4.78, 5) is 4.01. The lowest BCUT2D eigenvalue weighted by atomic mass is 10.2. The molecule has 0 radical (unpaired) electrons. The number of aliphatic hydroxyl groups is 1. The van der Waals surface area contributed by atoms with Gasteiger partial charge in [-0.25, -0.2) is 4.98 Å². The van der Waals surface area contributed by atoms with E-state index in [1.54, 1.807) is 6.07 Å². The first-order chi connectivity index (χ1) is 7.15.